The lowest BCUT2D eigenvalue weighted by molar-refractivity contribution is 0.381. The maximum atomic E-state index is 10.3. The molecule has 0 aliphatic heterocycles. The maximum Gasteiger partial charge on any atom is 0.438 e. The van der Waals surface area contributed by atoms with Gasteiger partial charge >= 0.3 is 5.76 Å². The second-order valence-corrected chi connectivity index (χ2v) is 1.93. The molecule has 0 atom stereocenters. The minimum atomic E-state index is -0.507. The molecule has 0 fully saturated rings. The van der Waals surface area contributed by atoms with E-state index in [2.05, 4.69) is 14.7 Å². The normalized spacial score (nSPS) is 10.1. The van der Waals surface area contributed by atoms with Crippen LogP contribution in [-0.4, -0.2) is 16.7 Å². The molecule has 10 heavy (non-hydrogen) atoms. The number of aryl methyl sites for hydroxylation is 1. The second-order valence-electron chi connectivity index (χ2n) is 1.93. The van der Waals surface area contributed by atoms with Gasteiger partial charge in [-0.15, -0.1) is 0 Å². The first-order valence-electron chi connectivity index (χ1n) is 3.08. The summed E-state index contributed by atoms with van der Waals surface area (Å²) in [5, 5.41) is 3.45. The van der Waals surface area contributed by atoms with Crippen LogP contribution in [0.3, 0.4) is 0 Å². The van der Waals surface area contributed by atoms with Crippen molar-refractivity contribution in [2.45, 2.75) is 12.8 Å². The van der Waals surface area contributed by atoms with Gasteiger partial charge in [-0.1, -0.05) is 5.16 Å². The zero-order valence-electron chi connectivity index (χ0n) is 5.46. The van der Waals surface area contributed by atoms with Gasteiger partial charge in [0.2, 0.25) is 0 Å². The van der Waals surface area contributed by atoms with Gasteiger partial charge in [0.15, 0.2) is 5.82 Å². The number of nitrogens with two attached hydrogens (primary N) is 1. The molecule has 0 saturated carbocycles. The molecular formula is C5H9N3O2. The van der Waals surface area contributed by atoms with E-state index in [1.807, 2.05) is 0 Å². The molecule has 0 amide bonds. The Hall–Kier alpha value is -1.10. The molecule has 1 heterocycles. The fraction of sp³-hybridized carbons (Fsp3) is 0.600. The van der Waals surface area contributed by atoms with E-state index in [0.29, 0.717) is 18.8 Å². The fourth-order valence-corrected chi connectivity index (χ4v) is 0.638. The van der Waals surface area contributed by atoms with Crippen molar-refractivity contribution >= 4 is 0 Å². The molecule has 3 N–H and O–H groups in total. The van der Waals surface area contributed by atoms with E-state index in [-0.39, 0.29) is 0 Å². The maximum absolute atomic E-state index is 10.3. The zero-order valence-corrected chi connectivity index (χ0v) is 5.46. The van der Waals surface area contributed by atoms with E-state index < -0.39 is 5.76 Å². The molecule has 0 aliphatic carbocycles. The summed E-state index contributed by atoms with van der Waals surface area (Å²) in [6, 6.07) is 0. The van der Waals surface area contributed by atoms with Crippen molar-refractivity contribution in [1.82, 2.24) is 10.1 Å². The Bertz CT molecular complexity index is 239. The SMILES string of the molecule is NCCCc1noc(=O)[nH]1. The second kappa shape index (κ2) is 3.17. The molecule has 0 bridgehead atoms. The van der Waals surface area contributed by atoms with Gasteiger partial charge in [-0.2, -0.15) is 0 Å². The summed E-state index contributed by atoms with van der Waals surface area (Å²) in [5.74, 6) is 0.0578. The zero-order chi connectivity index (χ0) is 7.40. The van der Waals surface area contributed by atoms with Crippen LogP contribution >= 0.6 is 0 Å². The van der Waals surface area contributed by atoms with E-state index in [9.17, 15) is 4.79 Å². The highest BCUT2D eigenvalue weighted by atomic mass is 16.5. The predicted octanol–water partition coefficient (Wildman–Crippen LogP) is -0.746. The summed E-state index contributed by atoms with van der Waals surface area (Å²) >= 11 is 0. The van der Waals surface area contributed by atoms with E-state index in [1.54, 1.807) is 0 Å². The van der Waals surface area contributed by atoms with E-state index in [0.717, 1.165) is 6.42 Å². The third-order valence-electron chi connectivity index (χ3n) is 1.10. The summed E-state index contributed by atoms with van der Waals surface area (Å²) < 4.78 is 4.26. The monoisotopic (exact) mass is 143 g/mol. The highest BCUT2D eigenvalue weighted by Crippen LogP contribution is 1.88. The average molecular weight is 143 g/mol. The van der Waals surface area contributed by atoms with Crippen LogP contribution in [0.4, 0.5) is 0 Å². The van der Waals surface area contributed by atoms with Crippen LogP contribution in [0.5, 0.6) is 0 Å². The number of nitrogens with one attached hydrogen (secondary N) is 1. The van der Waals surface area contributed by atoms with Crippen LogP contribution < -0.4 is 11.5 Å². The topological polar surface area (TPSA) is 84.9 Å². The lowest BCUT2D eigenvalue weighted by Crippen LogP contribution is -2.02. The van der Waals surface area contributed by atoms with Gasteiger partial charge in [-0.05, 0) is 13.0 Å². The Kier molecular flexibility index (Phi) is 2.22. The first-order chi connectivity index (χ1) is 4.83. The lowest BCUT2D eigenvalue weighted by atomic mass is 10.3. The average Bonchev–Trinajstić information content (AvgIpc) is 2.31. The molecule has 1 aromatic rings. The third-order valence-corrected chi connectivity index (χ3v) is 1.10. The van der Waals surface area contributed by atoms with Gasteiger partial charge in [0.05, 0.1) is 0 Å². The van der Waals surface area contributed by atoms with Crippen LogP contribution in [-0.2, 0) is 6.42 Å². The Balaban J connectivity index is 2.50. The van der Waals surface area contributed by atoms with Crippen LogP contribution in [0.2, 0.25) is 0 Å². The molecule has 0 aliphatic rings. The molecule has 5 nitrogen and oxygen atoms in total. The largest absolute Gasteiger partial charge is 0.438 e. The molecule has 1 aromatic heterocycles. The molecule has 1 rings (SSSR count). The van der Waals surface area contributed by atoms with Crippen molar-refractivity contribution < 1.29 is 4.52 Å². The molecule has 5 heteroatoms. The Morgan fingerprint density at radius 2 is 2.50 bits per heavy atom. The summed E-state index contributed by atoms with van der Waals surface area (Å²) in [5.41, 5.74) is 5.23. The fourth-order valence-electron chi connectivity index (χ4n) is 0.638. The number of nitrogens with zero attached hydrogens (tertiary/aromatic N) is 1. The Morgan fingerprint density at radius 1 is 1.70 bits per heavy atom. The summed E-state index contributed by atoms with van der Waals surface area (Å²) in [6.45, 7) is 0.592. The van der Waals surface area contributed by atoms with Gasteiger partial charge in [-0.3, -0.25) is 9.51 Å². The number of rotatable bonds is 3. The molecule has 0 unspecified atom stereocenters. The Labute approximate surface area is 57.2 Å². The quantitative estimate of drug-likeness (QED) is 0.583. The highest BCUT2D eigenvalue weighted by molar-refractivity contribution is 4.77. The van der Waals surface area contributed by atoms with Crippen LogP contribution in [0, 0.1) is 0 Å². The van der Waals surface area contributed by atoms with Gasteiger partial charge in [0.1, 0.15) is 0 Å². The van der Waals surface area contributed by atoms with Gasteiger partial charge < -0.3 is 5.73 Å². The van der Waals surface area contributed by atoms with E-state index in [1.165, 1.54) is 0 Å². The standard InChI is InChI=1S/C5H9N3O2/c6-3-1-2-4-7-5(9)10-8-4/h1-3,6H2,(H,7,8,9). The smallest absolute Gasteiger partial charge is 0.330 e. The lowest BCUT2D eigenvalue weighted by Gasteiger charge is -1.87. The van der Waals surface area contributed by atoms with Crippen LogP contribution in [0.1, 0.15) is 12.2 Å². The minimum Gasteiger partial charge on any atom is -0.330 e. The number of aromatic amines is 1. The van der Waals surface area contributed by atoms with Crippen molar-refractivity contribution in [2.75, 3.05) is 6.54 Å². The highest BCUT2D eigenvalue weighted by Gasteiger charge is 1.97. The van der Waals surface area contributed by atoms with E-state index >= 15 is 0 Å². The van der Waals surface area contributed by atoms with Crippen molar-refractivity contribution in [2.24, 2.45) is 5.73 Å². The van der Waals surface area contributed by atoms with Crippen molar-refractivity contribution in [3.8, 4) is 0 Å². The summed E-state index contributed by atoms with van der Waals surface area (Å²) in [4.78, 5) is 12.8. The van der Waals surface area contributed by atoms with Crippen LogP contribution in [0.15, 0.2) is 9.32 Å². The van der Waals surface area contributed by atoms with Crippen LogP contribution in [0.25, 0.3) is 0 Å². The molecule has 0 saturated heterocycles. The molecular weight excluding hydrogens is 134 g/mol. The molecule has 56 valence electrons. The first kappa shape index (κ1) is 7.01. The van der Waals surface area contributed by atoms with Gasteiger partial charge in [0, 0.05) is 6.42 Å². The van der Waals surface area contributed by atoms with E-state index in [4.69, 9.17) is 5.73 Å². The summed E-state index contributed by atoms with van der Waals surface area (Å²) in [6.07, 6.45) is 1.48. The van der Waals surface area contributed by atoms with Gasteiger partial charge in [0.25, 0.3) is 0 Å². The number of hydrogen-bond acceptors (Lipinski definition) is 4. The minimum absolute atomic E-state index is 0.507. The predicted molar refractivity (Wildman–Crippen MR) is 34.5 cm³/mol. The van der Waals surface area contributed by atoms with Crippen molar-refractivity contribution in [3.63, 3.8) is 0 Å². The number of aromatic nitrogens is 2. The number of H-pyrrole nitrogens is 1. The van der Waals surface area contributed by atoms with Crippen molar-refractivity contribution in [1.29, 1.82) is 0 Å². The Morgan fingerprint density at radius 3 is 3.00 bits per heavy atom. The molecule has 0 radical (unpaired) electrons. The third kappa shape index (κ3) is 1.70. The molecule has 0 spiro atoms. The van der Waals surface area contributed by atoms with Gasteiger partial charge in [-0.25, -0.2) is 4.79 Å². The molecule has 0 aromatic carbocycles. The van der Waals surface area contributed by atoms with Crippen molar-refractivity contribution in [3.05, 3.63) is 16.4 Å². The number of hydrogen-bond donors (Lipinski definition) is 2. The summed E-state index contributed by atoms with van der Waals surface area (Å²) in [7, 11) is 0. The first-order valence-corrected chi connectivity index (χ1v) is 3.08.